The molecule has 1 aromatic heterocycles. The molecule has 0 unspecified atom stereocenters. The van der Waals surface area contributed by atoms with Gasteiger partial charge in [0.1, 0.15) is 0 Å². The van der Waals surface area contributed by atoms with Gasteiger partial charge in [0.2, 0.25) is 5.89 Å². The quantitative estimate of drug-likeness (QED) is 0.745. The summed E-state index contributed by atoms with van der Waals surface area (Å²) in [4.78, 5) is 4.33. The van der Waals surface area contributed by atoms with Crippen LogP contribution in [-0.4, -0.2) is 22.8 Å². The first-order valence-electron chi connectivity index (χ1n) is 7.96. The lowest BCUT2D eigenvalue weighted by Crippen LogP contribution is -2.24. The number of nitrogens with zero attached hydrogens (tertiary/aromatic N) is 3. The monoisotopic (exact) mass is 319 g/mol. The molecule has 0 atom stereocenters. The fraction of sp³-hybridized carbons (Fsp3) is 0.158. The number of rotatable bonds is 3. The van der Waals surface area contributed by atoms with Crippen LogP contribution in [0.15, 0.2) is 64.1 Å². The number of oxazole rings is 1. The van der Waals surface area contributed by atoms with E-state index in [9.17, 15) is 5.11 Å². The molecule has 0 spiro atoms. The number of benzene rings is 2. The zero-order valence-electron chi connectivity index (χ0n) is 13.1. The lowest BCUT2D eigenvalue weighted by Gasteiger charge is -2.26. The van der Waals surface area contributed by atoms with Crippen molar-refractivity contribution < 1.29 is 9.52 Å². The van der Waals surface area contributed by atoms with Crippen molar-refractivity contribution >= 4 is 11.9 Å². The second kappa shape index (κ2) is 6.20. The molecule has 5 heteroatoms. The van der Waals surface area contributed by atoms with Gasteiger partial charge < -0.3 is 9.52 Å². The standard InChI is InChI=1S/C19H17N3O2/c23-19-16(21-18(24-19)15-8-2-1-3-9-15)13-20-22-12-6-10-14-7-4-5-11-17(14)22/h1-5,7-9,11,13,23H,6,10,12H2. The number of hydrogen-bond acceptors (Lipinski definition) is 5. The molecule has 3 aromatic rings. The summed E-state index contributed by atoms with van der Waals surface area (Å²) in [5.74, 6) is 0.163. The predicted octanol–water partition coefficient (Wildman–Crippen LogP) is 3.83. The van der Waals surface area contributed by atoms with Crippen LogP contribution in [0.4, 0.5) is 5.69 Å². The molecular formula is C19H17N3O2. The SMILES string of the molecule is Oc1oc(-c2ccccc2)nc1C=NN1CCCc2ccccc21. The Bertz CT molecular complexity index is 871. The summed E-state index contributed by atoms with van der Waals surface area (Å²) in [5.41, 5.74) is 3.54. The van der Waals surface area contributed by atoms with Crippen LogP contribution in [0.2, 0.25) is 0 Å². The maximum Gasteiger partial charge on any atom is 0.312 e. The van der Waals surface area contributed by atoms with Crippen LogP contribution in [0.25, 0.3) is 11.5 Å². The number of fused-ring (bicyclic) bond motifs is 1. The van der Waals surface area contributed by atoms with Crippen LogP contribution in [0.1, 0.15) is 17.7 Å². The zero-order chi connectivity index (χ0) is 16.4. The first-order chi connectivity index (χ1) is 11.8. The third-order valence-corrected chi connectivity index (χ3v) is 4.06. The fourth-order valence-electron chi connectivity index (χ4n) is 2.87. The third-order valence-electron chi connectivity index (χ3n) is 4.06. The largest absolute Gasteiger partial charge is 0.479 e. The van der Waals surface area contributed by atoms with Gasteiger partial charge in [-0.15, -0.1) is 0 Å². The maximum absolute atomic E-state index is 9.98. The Hall–Kier alpha value is -3.08. The lowest BCUT2D eigenvalue weighted by atomic mass is 10.0. The van der Waals surface area contributed by atoms with Crippen LogP contribution in [0.3, 0.4) is 0 Å². The van der Waals surface area contributed by atoms with Crippen LogP contribution in [0, 0.1) is 0 Å². The molecule has 24 heavy (non-hydrogen) atoms. The molecule has 4 rings (SSSR count). The van der Waals surface area contributed by atoms with E-state index in [0.717, 1.165) is 30.6 Å². The minimum atomic E-state index is -0.220. The normalized spacial score (nSPS) is 14.1. The summed E-state index contributed by atoms with van der Waals surface area (Å²) in [6.07, 6.45) is 3.66. The minimum Gasteiger partial charge on any atom is -0.479 e. The van der Waals surface area contributed by atoms with E-state index in [1.807, 2.05) is 47.5 Å². The Morgan fingerprint density at radius 1 is 1.08 bits per heavy atom. The van der Waals surface area contributed by atoms with E-state index in [1.54, 1.807) is 6.21 Å². The van der Waals surface area contributed by atoms with E-state index >= 15 is 0 Å². The molecule has 0 saturated carbocycles. The van der Waals surface area contributed by atoms with Gasteiger partial charge in [-0.25, -0.2) is 4.98 Å². The molecule has 1 N–H and O–H groups in total. The van der Waals surface area contributed by atoms with Crippen molar-refractivity contribution in [2.75, 3.05) is 11.6 Å². The van der Waals surface area contributed by atoms with Crippen molar-refractivity contribution in [1.29, 1.82) is 0 Å². The second-order valence-corrected chi connectivity index (χ2v) is 5.68. The predicted molar refractivity (Wildman–Crippen MR) is 93.3 cm³/mol. The van der Waals surface area contributed by atoms with Gasteiger partial charge in [0.05, 0.1) is 11.9 Å². The number of aromatic hydroxyl groups is 1. The Morgan fingerprint density at radius 3 is 2.75 bits per heavy atom. The molecule has 2 aromatic carbocycles. The average molecular weight is 319 g/mol. The number of hydrogen-bond donors (Lipinski definition) is 1. The summed E-state index contributed by atoms with van der Waals surface area (Å²) in [7, 11) is 0. The topological polar surface area (TPSA) is 61.9 Å². The van der Waals surface area contributed by atoms with Gasteiger partial charge in [-0.2, -0.15) is 5.10 Å². The van der Waals surface area contributed by atoms with Gasteiger partial charge in [-0.3, -0.25) is 5.01 Å². The van der Waals surface area contributed by atoms with E-state index in [-0.39, 0.29) is 5.95 Å². The minimum absolute atomic E-state index is 0.220. The number of aromatic nitrogens is 1. The molecule has 0 saturated heterocycles. The van der Waals surface area contributed by atoms with E-state index < -0.39 is 0 Å². The summed E-state index contributed by atoms with van der Waals surface area (Å²) in [5, 5.41) is 16.4. The molecule has 0 bridgehead atoms. The Labute approximate surface area is 139 Å². The van der Waals surface area contributed by atoms with Gasteiger partial charge in [-0.1, -0.05) is 36.4 Å². The fourth-order valence-corrected chi connectivity index (χ4v) is 2.87. The van der Waals surface area contributed by atoms with Crippen molar-refractivity contribution in [3.8, 4) is 17.4 Å². The molecule has 5 nitrogen and oxygen atoms in total. The van der Waals surface area contributed by atoms with Gasteiger partial charge in [0.15, 0.2) is 5.69 Å². The third kappa shape index (κ3) is 2.76. The molecule has 0 radical (unpaired) electrons. The summed E-state index contributed by atoms with van der Waals surface area (Å²) < 4.78 is 5.34. The highest BCUT2D eigenvalue weighted by molar-refractivity contribution is 5.81. The van der Waals surface area contributed by atoms with Crippen molar-refractivity contribution in [2.45, 2.75) is 12.8 Å². The summed E-state index contributed by atoms with van der Waals surface area (Å²) in [6.45, 7) is 0.845. The van der Waals surface area contributed by atoms with Crippen molar-refractivity contribution in [1.82, 2.24) is 4.98 Å². The van der Waals surface area contributed by atoms with E-state index in [4.69, 9.17) is 4.42 Å². The van der Waals surface area contributed by atoms with E-state index in [2.05, 4.69) is 22.2 Å². The smallest absolute Gasteiger partial charge is 0.312 e. The molecule has 0 fully saturated rings. The first-order valence-corrected chi connectivity index (χ1v) is 7.96. The number of aryl methyl sites for hydroxylation is 1. The van der Waals surface area contributed by atoms with Crippen LogP contribution >= 0.6 is 0 Å². The van der Waals surface area contributed by atoms with E-state index in [0.29, 0.717) is 11.6 Å². The summed E-state index contributed by atoms with van der Waals surface area (Å²) in [6, 6.07) is 17.7. The number of hydrazone groups is 1. The molecule has 0 amide bonds. The molecule has 0 aliphatic carbocycles. The van der Waals surface area contributed by atoms with Crippen molar-refractivity contribution in [3.63, 3.8) is 0 Å². The van der Waals surface area contributed by atoms with Gasteiger partial charge in [0, 0.05) is 12.1 Å². The molecule has 2 heterocycles. The lowest BCUT2D eigenvalue weighted by molar-refractivity contribution is 0.337. The van der Waals surface area contributed by atoms with Crippen LogP contribution in [0.5, 0.6) is 5.95 Å². The van der Waals surface area contributed by atoms with Gasteiger partial charge in [-0.05, 0) is 36.6 Å². The Kier molecular flexibility index (Phi) is 3.75. The van der Waals surface area contributed by atoms with Crippen LogP contribution < -0.4 is 5.01 Å². The maximum atomic E-state index is 9.98. The molecule has 1 aliphatic heterocycles. The second-order valence-electron chi connectivity index (χ2n) is 5.68. The van der Waals surface area contributed by atoms with Crippen molar-refractivity contribution in [3.05, 3.63) is 65.9 Å². The zero-order valence-corrected chi connectivity index (χ0v) is 13.1. The molecular weight excluding hydrogens is 302 g/mol. The van der Waals surface area contributed by atoms with Crippen LogP contribution in [-0.2, 0) is 6.42 Å². The average Bonchev–Trinajstić information content (AvgIpc) is 3.01. The highest BCUT2D eigenvalue weighted by atomic mass is 16.5. The highest BCUT2D eigenvalue weighted by Gasteiger charge is 2.16. The Balaban J connectivity index is 1.60. The summed E-state index contributed by atoms with van der Waals surface area (Å²) >= 11 is 0. The Morgan fingerprint density at radius 2 is 1.88 bits per heavy atom. The van der Waals surface area contributed by atoms with E-state index in [1.165, 1.54) is 5.56 Å². The molecule has 120 valence electrons. The van der Waals surface area contributed by atoms with Gasteiger partial charge in [0.25, 0.3) is 0 Å². The van der Waals surface area contributed by atoms with Gasteiger partial charge >= 0.3 is 5.95 Å². The highest BCUT2D eigenvalue weighted by Crippen LogP contribution is 2.28. The number of para-hydroxylation sites is 1. The molecule has 1 aliphatic rings. The first kappa shape index (κ1) is 14.5. The number of anilines is 1. The van der Waals surface area contributed by atoms with Crippen molar-refractivity contribution in [2.24, 2.45) is 5.10 Å².